The van der Waals surface area contributed by atoms with E-state index in [2.05, 4.69) is 6.58 Å². The summed E-state index contributed by atoms with van der Waals surface area (Å²) in [6.45, 7) is 3.84. The van der Waals surface area contributed by atoms with Gasteiger partial charge in [0.05, 0.1) is 11.6 Å². The molecule has 144 valence electrons. The Hall–Kier alpha value is -3.73. The highest BCUT2D eigenvalue weighted by atomic mass is 19.1. The molecule has 0 aliphatic carbocycles. The van der Waals surface area contributed by atoms with Crippen LogP contribution in [0.15, 0.2) is 85.0 Å². The van der Waals surface area contributed by atoms with Crippen LogP contribution in [0.2, 0.25) is 0 Å². The van der Waals surface area contributed by atoms with Gasteiger partial charge >= 0.3 is 0 Å². The summed E-state index contributed by atoms with van der Waals surface area (Å²) in [4.78, 5) is 27.0. The highest BCUT2D eigenvalue weighted by Crippen LogP contribution is 2.41. The molecule has 0 unspecified atom stereocenters. The van der Waals surface area contributed by atoms with Gasteiger partial charge in [-0.15, -0.1) is 6.58 Å². The zero-order valence-electron chi connectivity index (χ0n) is 15.5. The maximum absolute atomic E-state index is 13.3. The summed E-state index contributed by atoms with van der Waals surface area (Å²) < 4.78 is 13.3. The highest BCUT2D eigenvalue weighted by Gasteiger charge is 2.46. The summed E-state index contributed by atoms with van der Waals surface area (Å²) >= 11 is 0. The number of aliphatic hydroxyl groups is 1. The zero-order chi connectivity index (χ0) is 20.5. The smallest absolute Gasteiger partial charge is 0.295 e. The number of fused-ring (bicyclic) bond motifs is 1. The van der Waals surface area contributed by atoms with Crippen LogP contribution in [0.5, 0.6) is 0 Å². The Balaban J connectivity index is 1.98. The fraction of sp³-hybridized carbons (Fsp3) is 0.0833. The monoisotopic (exact) mass is 387 g/mol. The fourth-order valence-corrected chi connectivity index (χ4v) is 3.78. The number of Topliss-reactive ketones (excluding diaryl/α,β-unsaturated/α-hetero) is 1. The lowest BCUT2D eigenvalue weighted by Crippen LogP contribution is -2.29. The molecule has 1 N–H and O–H groups in total. The minimum atomic E-state index is -0.774. The first kappa shape index (κ1) is 18.6. The Morgan fingerprint density at radius 2 is 1.72 bits per heavy atom. The largest absolute Gasteiger partial charge is 0.507 e. The van der Waals surface area contributed by atoms with E-state index >= 15 is 0 Å². The number of benzene rings is 3. The van der Waals surface area contributed by atoms with Gasteiger partial charge in [0, 0.05) is 12.1 Å². The standard InChI is InChI=1S/C24H18FNO3/c1-2-14-26-21(19-9-5-7-15-6-3-4-8-18(15)19)20(23(28)24(26)29)22(27)16-10-12-17(25)13-11-16/h2-13,21,27H,1,14H2/t21-/m0/s1. The Labute approximate surface area is 167 Å². The van der Waals surface area contributed by atoms with Crippen molar-refractivity contribution in [1.82, 2.24) is 4.90 Å². The predicted octanol–water partition coefficient (Wildman–Crippen LogP) is 4.59. The molecule has 1 heterocycles. The van der Waals surface area contributed by atoms with Gasteiger partial charge in [0.1, 0.15) is 11.6 Å². The number of carbonyl (C=O) groups excluding carboxylic acids is 2. The molecule has 1 aliphatic rings. The molecule has 4 nitrogen and oxygen atoms in total. The van der Waals surface area contributed by atoms with E-state index in [0.717, 1.165) is 16.3 Å². The van der Waals surface area contributed by atoms with Crippen LogP contribution in [0.4, 0.5) is 4.39 Å². The molecule has 0 bridgehead atoms. The van der Waals surface area contributed by atoms with E-state index in [1.54, 1.807) is 6.08 Å². The number of hydrogen-bond acceptors (Lipinski definition) is 3. The van der Waals surface area contributed by atoms with Crippen LogP contribution in [-0.2, 0) is 9.59 Å². The topological polar surface area (TPSA) is 57.6 Å². The number of amides is 1. The third kappa shape index (κ3) is 3.10. The molecular weight excluding hydrogens is 369 g/mol. The average Bonchev–Trinajstić information content (AvgIpc) is 2.98. The van der Waals surface area contributed by atoms with Crippen molar-refractivity contribution >= 4 is 28.2 Å². The van der Waals surface area contributed by atoms with Gasteiger partial charge in [0.2, 0.25) is 0 Å². The minimum Gasteiger partial charge on any atom is -0.507 e. The van der Waals surface area contributed by atoms with E-state index in [4.69, 9.17) is 0 Å². The Morgan fingerprint density at radius 1 is 1.03 bits per heavy atom. The van der Waals surface area contributed by atoms with Crippen molar-refractivity contribution < 1.29 is 19.1 Å². The summed E-state index contributed by atoms with van der Waals surface area (Å²) in [7, 11) is 0. The van der Waals surface area contributed by atoms with Gasteiger partial charge in [-0.3, -0.25) is 9.59 Å². The molecule has 1 aliphatic heterocycles. The third-order valence-electron chi connectivity index (χ3n) is 5.10. The van der Waals surface area contributed by atoms with E-state index < -0.39 is 23.5 Å². The minimum absolute atomic E-state index is 0.0141. The van der Waals surface area contributed by atoms with Crippen LogP contribution in [-0.4, -0.2) is 28.2 Å². The van der Waals surface area contributed by atoms with Crippen molar-refractivity contribution in [2.24, 2.45) is 0 Å². The normalized spacial score (nSPS) is 18.4. The molecular formula is C24H18FNO3. The van der Waals surface area contributed by atoms with Gasteiger partial charge < -0.3 is 10.0 Å². The Bertz CT molecular complexity index is 1160. The summed E-state index contributed by atoms with van der Waals surface area (Å²) in [6.07, 6.45) is 1.54. The van der Waals surface area contributed by atoms with Crippen LogP contribution in [0.1, 0.15) is 17.2 Å². The number of halogens is 1. The number of nitrogens with zero attached hydrogens (tertiary/aromatic N) is 1. The molecule has 0 radical (unpaired) electrons. The van der Waals surface area contributed by atoms with Gasteiger partial charge in [-0.25, -0.2) is 4.39 Å². The van der Waals surface area contributed by atoms with Gasteiger partial charge in [-0.2, -0.15) is 0 Å². The van der Waals surface area contributed by atoms with Gasteiger partial charge in [-0.1, -0.05) is 48.5 Å². The molecule has 0 aromatic heterocycles. The molecule has 1 saturated heterocycles. The number of hydrogen-bond donors (Lipinski definition) is 1. The van der Waals surface area contributed by atoms with Gasteiger partial charge in [0.25, 0.3) is 11.7 Å². The SMILES string of the molecule is C=CCN1C(=O)C(=O)C(=C(O)c2ccc(F)cc2)[C@@H]1c1cccc2ccccc12. The van der Waals surface area contributed by atoms with E-state index in [-0.39, 0.29) is 23.4 Å². The summed E-state index contributed by atoms with van der Waals surface area (Å²) in [6, 6.07) is 17.7. The van der Waals surface area contributed by atoms with Crippen molar-refractivity contribution in [1.29, 1.82) is 0 Å². The molecule has 3 aromatic carbocycles. The van der Waals surface area contributed by atoms with Crippen molar-refractivity contribution in [2.45, 2.75) is 6.04 Å². The van der Waals surface area contributed by atoms with Crippen LogP contribution in [0.25, 0.3) is 16.5 Å². The number of likely N-dealkylation sites (tertiary alicyclic amines) is 1. The number of carbonyl (C=O) groups is 2. The molecule has 1 amide bonds. The van der Waals surface area contributed by atoms with Crippen LogP contribution in [0, 0.1) is 5.82 Å². The molecule has 3 aromatic rings. The zero-order valence-corrected chi connectivity index (χ0v) is 15.5. The van der Waals surface area contributed by atoms with Crippen LogP contribution in [0.3, 0.4) is 0 Å². The predicted molar refractivity (Wildman–Crippen MR) is 110 cm³/mol. The van der Waals surface area contributed by atoms with E-state index in [1.807, 2.05) is 42.5 Å². The molecule has 0 saturated carbocycles. The average molecular weight is 387 g/mol. The maximum atomic E-state index is 13.3. The summed E-state index contributed by atoms with van der Waals surface area (Å²) in [5, 5.41) is 12.8. The second-order valence-corrected chi connectivity index (χ2v) is 6.82. The van der Waals surface area contributed by atoms with Crippen molar-refractivity contribution in [3.05, 3.63) is 102 Å². The lowest BCUT2D eigenvalue weighted by Gasteiger charge is -2.25. The molecule has 29 heavy (non-hydrogen) atoms. The first-order valence-electron chi connectivity index (χ1n) is 9.16. The maximum Gasteiger partial charge on any atom is 0.295 e. The molecule has 1 atom stereocenters. The van der Waals surface area contributed by atoms with Gasteiger partial charge in [-0.05, 0) is 40.6 Å². The summed E-state index contributed by atoms with van der Waals surface area (Å²) in [5.74, 6) is -2.26. The number of rotatable bonds is 4. The van der Waals surface area contributed by atoms with Crippen LogP contribution < -0.4 is 0 Å². The highest BCUT2D eigenvalue weighted by molar-refractivity contribution is 6.46. The quantitative estimate of drug-likeness (QED) is 0.308. The first-order valence-corrected chi connectivity index (χ1v) is 9.16. The van der Waals surface area contributed by atoms with Crippen molar-refractivity contribution in [3.63, 3.8) is 0 Å². The summed E-state index contributed by atoms with van der Waals surface area (Å²) in [5.41, 5.74) is 0.987. The second-order valence-electron chi connectivity index (χ2n) is 6.82. The van der Waals surface area contributed by atoms with E-state index in [0.29, 0.717) is 0 Å². The Kier molecular flexibility index (Phi) is 4.72. The van der Waals surface area contributed by atoms with Gasteiger partial charge in [0.15, 0.2) is 0 Å². The first-order chi connectivity index (χ1) is 14.0. The molecule has 4 rings (SSSR count). The van der Waals surface area contributed by atoms with E-state index in [1.165, 1.54) is 29.2 Å². The van der Waals surface area contributed by atoms with Crippen molar-refractivity contribution in [3.8, 4) is 0 Å². The molecule has 1 fully saturated rings. The van der Waals surface area contributed by atoms with E-state index in [9.17, 15) is 19.1 Å². The van der Waals surface area contributed by atoms with Crippen molar-refractivity contribution in [2.75, 3.05) is 6.54 Å². The number of aliphatic hydroxyl groups excluding tert-OH is 1. The third-order valence-corrected chi connectivity index (χ3v) is 5.10. The van der Waals surface area contributed by atoms with Crippen LogP contribution >= 0.6 is 0 Å². The Morgan fingerprint density at radius 3 is 2.45 bits per heavy atom. The lowest BCUT2D eigenvalue weighted by atomic mass is 9.91. The fourth-order valence-electron chi connectivity index (χ4n) is 3.78. The molecule has 0 spiro atoms. The number of ketones is 1. The molecule has 5 heteroatoms. The lowest BCUT2D eigenvalue weighted by molar-refractivity contribution is -0.139. The second kappa shape index (κ2) is 7.36.